The summed E-state index contributed by atoms with van der Waals surface area (Å²) >= 11 is 6.27. The lowest BCUT2D eigenvalue weighted by Gasteiger charge is -2.23. The molecule has 0 radical (unpaired) electrons. The molecule has 21 heavy (non-hydrogen) atoms. The molecule has 0 aliphatic carbocycles. The summed E-state index contributed by atoms with van der Waals surface area (Å²) in [6.07, 6.45) is -0.556. The molecule has 1 aliphatic rings. The second-order valence-corrected chi connectivity index (χ2v) is 5.67. The molecule has 110 valence electrons. The first-order chi connectivity index (χ1) is 10.1. The van der Waals surface area contributed by atoms with Crippen LogP contribution in [0, 0.1) is 0 Å². The Labute approximate surface area is 129 Å². The van der Waals surface area contributed by atoms with Gasteiger partial charge in [0.2, 0.25) is 0 Å². The van der Waals surface area contributed by atoms with Crippen molar-refractivity contribution in [2.24, 2.45) is 0 Å². The molecule has 2 aromatic rings. The van der Waals surface area contributed by atoms with E-state index < -0.39 is 6.10 Å². The number of benzene rings is 2. The highest BCUT2D eigenvalue weighted by atomic mass is 35.5. The standard InChI is InChI=1S/C17H18ClNO2/c1-12(20)15-7-6-14(10-16(15)18)19-8-9-21-17-5-3-2-4-13(17)11-19/h2-7,10,12,20H,8-9,11H2,1H3. The molecule has 0 spiro atoms. The smallest absolute Gasteiger partial charge is 0.124 e. The lowest BCUT2D eigenvalue weighted by Crippen LogP contribution is -2.25. The summed E-state index contributed by atoms with van der Waals surface area (Å²) in [5.41, 5.74) is 2.97. The van der Waals surface area contributed by atoms with Crippen LogP contribution in [-0.4, -0.2) is 18.3 Å². The van der Waals surface area contributed by atoms with Crippen molar-refractivity contribution in [1.29, 1.82) is 0 Å². The molecule has 2 aromatic carbocycles. The number of anilines is 1. The van der Waals surface area contributed by atoms with Crippen LogP contribution in [-0.2, 0) is 6.54 Å². The Kier molecular flexibility index (Phi) is 4.04. The zero-order valence-corrected chi connectivity index (χ0v) is 12.7. The third kappa shape index (κ3) is 2.99. The minimum Gasteiger partial charge on any atom is -0.491 e. The molecule has 1 heterocycles. The fraction of sp³-hybridized carbons (Fsp3) is 0.294. The normalized spacial score (nSPS) is 15.9. The van der Waals surface area contributed by atoms with E-state index in [1.54, 1.807) is 6.92 Å². The molecule has 4 heteroatoms. The molecule has 1 aliphatic heterocycles. The summed E-state index contributed by atoms with van der Waals surface area (Å²) in [6, 6.07) is 13.9. The lowest BCUT2D eigenvalue weighted by molar-refractivity contribution is 0.199. The van der Waals surface area contributed by atoms with Crippen molar-refractivity contribution >= 4 is 17.3 Å². The van der Waals surface area contributed by atoms with E-state index in [-0.39, 0.29) is 0 Å². The minimum absolute atomic E-state index is 0.556. The Balaban J connectivity index is 1.89. The maximum absolute atomic E-state index is 9.66. The van der Waals surface area contributed by atoms with Crippen molar-refractivity contribution in [3.05, 3.63) is 58.6 Å². The molecule has 0 bridgehead atoms. The number of aliphatic hydroxyl groups excluding tert-OH is 1. The van der Waals surface area contributed by atoms with E-state index in [2.05, 4.69) is 11.0 Å². The zero-order chi connectivity index (χ0) is 14.8. The lowest BCUT2D eigenvalue weighted by atomic mass is 10.1. The maximum Gasteiger partial charge on any atom is 0.124 e. The van der Waals surface area contributed by atoms with E-state index in [0.29, 0.717) is 11.6 Å². The predicted octanol–water partition coefficient (Wildman–Crippen LogP) is 3.79. The number of fused-ring (bicyclic) bond motifs is 1. The Hall–Kier alpha value is -1.71. The van der Waals surface area contributed by atoms with Gasteiger partial charge in [0.25, 0.3) is 0 Å². The molecule has 0 saturated carbocycles. The van der Waals surface area contributed by atoms with Gasteiger partial charge in [-0.3, -0.25) is 0 Å². The van der Waals surface area contributed by atoms with Crippen LogP contribution in [0.4, 0.5) is 5.69 Å². The van der Waals surface area contributed by atoms with Crippen LogP contribution in [0.15, 0.2) is 42.5 Å². The summed E-state index contributed by atoms with van der Waals surface area (Å²) in [5.74, 6) is 0.951. The molecule has 3 nitrogen and oxygen atoms in total. The van der Waals surface area contributed by atoms with Crippen LogP contribution in [0.2, 0.25) is 5.02 Å². The van der Waals surface area contributed by atoms with Crippen molar-refractivity contribution in [3.63, 3.8) is 0 Å². The van der Waals surface area contributed by atoms with Gasteiger partial charge in [-0.05, 0) is 30.7 Å². The number of aliphatic hydroxyl groups is 1. The predicted molar refractivity (Wildman–Crippen MR) is 85.1 cm³/mol. The third-order valence-corrected chi connectivity index (χ3v) is 4.08. The van der Waals surface area contributed by atoms with E-state index >= 15 is 0 Å². The molecule has 0 saturated heterocycles. The Morgan fingerprint density at radius 3 is 2.81 bits per heavy atom. The summed E-state index contributed by atoms with van der Waals surface area (Å²) < 4.78 is 5.78. The van der Waals surface area contributed by atoms with E-state index in [1.807, 2.05) is 36.4 Å². The number of nitrogens with zero attached hydrogens (tertiary/aromatic N) is 1. The van der Waals surface area contributed by atoms with Crippen molar-refractivity contribution in [3.8, 4) is 5.75 Å². The quantitative estimate of drug-likeness (QED) is 0.916. The van der Waals surface area contributed by atoms with Crippen LogP contribution in [0.25, 0.3) is 0 Å². The first-order valence-electron chi connectivity index (χ1n) is 7.08. The molecule has 1 atom stereocenters. The molecule has 1 N–H and O–H groups in total. The third-order valence-electron chi connectivity index (χ3n) is 3.75. The van der Waals surface area contributed by atoms with Gasteiger partial charge < -0.3 is 14.7 Å². The zero-order valence-electron chi connectivity index (χ0n) is 11.9. The van der Waals surface area contributed by atoms with Gasteiger partial charge in [0.15, 0.2) is 0 Å². The number of hydrogen-bond donors (Lipinski definition) is 1. The number of para-hydroxylation sites is 1. The topological polar surface area (TPSA) is 32.7 Å². The van der Waals surface area contributed by atoms with Crippen LogP contribution in [0.5, 0.6) is 5.75 Å². The van der Waals surface area contributed by atoms with Crippen LogP contribution < -0.4 is 9.64 Å². The molecule has 0 fully saturated rings. The Morgan fingerprint density at radius 1 is 1.24 bits per heavy atom. The largest absolute Gasteiger partial charge is 0.491 e. The molecule has 1 unspecified atom stereocenters. The van der Waals surface area contributed by atoms with E-state index in [4.69, 9.17) is 16.3 Å². The van der Waals surface area contributed by atoms with Gasteiger partial charge in [0.1, 0.15) is 12.4 Å². The SMILES string of the molecule is CC(O)c1ccc(N2CCOc3ccccc3C2)cc1Cl. The van der Waals surface area contributed by atoms with Crippen molar-refractivity contribution in [2.75, 3.05) is 18.1 Å². The van der Waals surface area contributed by atoms with Gasteiger partial charge >= 0.3 is 0 Å². The minimum atomic E-state index is -0.556. The second-order valence-electron chi connectivity index (χ2n) is 5.26. The molecular formula is C17H18ClNO2. The molecule has 3 rings (SSSR count). The van der Waals surface area contributed by atoms with Gasteiger partial charge in [-0.15, -0.1) is 0 Å². The second kappa shape index (κ2) is 5.96. The highest BCUT2D eigenvalue weighted by Crippen LogP contribution is 2.30. The van der Waals surface area contributed by atoms with Gasteiger partial charge in [0.05, 0.1) is 12.6 Å². The van der Waals surface area contributed by atoms with E-state index in [0.717, 1.165) is 30.1 Å². The summed E-state index contributed by atoms with van der Waals surface area (Å²) in [6.45, 7) is 3.96. The van der Waals surface area contributed by atoms with Crippen molar-refractivity contribution in [2.45, 2.75) is 19.6 Å². The van der Waals surface area contributed by atoms with Crippen molar-refractivity contribution in [1.82, 2.24) is 0 Å². The van der Waals surface area contributed by atoms with Crippen LogP contribution >= 0.6 is 11.6 Å². The van der Waals surface area contributed by atoms with Crippen molar-refractivity contribution < 1.29 is 9.84 Å². The summed E-state index contributed by atoms with van der Waals surface area (Å²) in [4.78, 5) is 2.24. The number of hydrogen-bond acceptors (Lipinski definition) is 3. The van der Waals surface area contributed by atoms with Crippen LogP contribution in [0.1, 0.15) is 24.2 Å². The van der Waals surface area contributed by atoms with E-state index in [9.17, 15) is 5.11 Å². The number of rotatable bonds is 2. The molecular weight excluding hydrogens is 286 g/mol. The van der Waals surface area contributed by atoms with Crippen LogP contribution in [0.3, 0.4) is 0 Å². The highest BCUT2D eigenvalue weighted by molar-refractivity contribution is 6.31. The van der Waals surface area contributed by atoms with E-state index in [1.165, 1.54) is 5.56 Å². The first-order valence-corrected chi connectivity index (χ1v) is 7.46. The first kappa shape index (κ1) is 14.2. The van der Waals surface area contributed by atoms with Gasteiger partial charge in [-0.1, -0.05) is 35.9 Å². The van der Waals surface area contributed by atoms with Gasteiger partial charge in [-0.2, -0.15) is 0 Å². The monoisotopic (exact) mass is 303 g/mol. The Bertz CT molecular complexity index is 642. The average Bonchev–Trinajstić information content (AvgIpc) is 2.68. The fourth-order valence-electron chi connectivity index (χ4n) is 2.60. The Morgan fingerprint density at radius 2 is 2.05 bits per heavy atom. The van der Waals surface area contributed by atoms with Gasteiger partial charge in [0, 0.05) is 22.8 Å². The molecule has 0 amide bonds. The molecule has 0 aromatic heterocycles. The number of ether oxygens (including phenoxy) is 1. The maximum atomic E-state index is 9.66. The number of halogens is 1. The fourth-order valence-corrected chi connectivity index (χ4v) is 2.93. The average molecular weight is 304 g/mol. The summed E-state index contributed by atoms with van der Waals surface area (Å²) in [5, 5.41) is 10.3. The highest BCUT2D eigenvalue weighted by Gasteiger charge is 2.16. The van der Waals surface area contributed by atoms with Gasteiger partial charge in [-0.25, -0.2) is 0 Å². The summed E-state index contributed by atoms with van der Waals surface area (Å²) in [7, 11) is 0.